The van der Waals surface area contributed by atoms with Crippen molar-refractivity contribution in [2.24, 2.45) is 5.73 Å². The Labute approximate surface area is 109 Å². The van der Waals surface area contributed by atoms with Gasteiger partial charge in [0.15, 0.2) is 0 Å². The molecule has 18 heavy (non-hydrogen) atoms. The van der Waals surface area contributed by atoms with Crippen LogP contribution in [0.4, 0.5) is 4.39 Å². The summed E-state index contributed by atoms with van der Waals surface area (Å²) < 4.78 is 15.3. The predicted octanol–water partition coefficient (Wildman–Crippen LogP) is 4.02. The first kappa shape index (κ1) is 12.2. The molecule has 2 atom stereocenters. The van der Waals surface area contributed by atoms with E-state index in [1.807, 2.05) is 18.2 Å². The van der Waals surface area contributed by atoms with Crippen molar-refractivity contribution in [1.82, 2.24) is 0 Å². The monoisotopic (exact) mass is 247 g/mol. The first-order chi connectivity index (χ1) is 8.69. The Hall–Kier alpha value is -0.890. The quantitative estimate of drug-likeness (QED) is 0.839. The largest absolute Gasteiger partial charge is 0.328 e. The molecule has 0 aromatic heterocycles. The highest BCUT2D eigenvalue weighted by Gasteiger charge is 2.39. The van der Waals surface area contributed by atoms with Gasteiger partial charge in [0.25, 0.3) is 0 Å². The van der Waals surface area contributed by atoms with Crippen molar-refractivity contribution in [3.05, 3.63) is 35.4 Å². The van der Waals surface area contributed by atoms with Gasteiger partial charge in [0.2, 0.25) is 0 Å². The fourth-order valence-corrected chi connectivity index (χ4v) is 3.49. The van der Waals surface area contributed by atoms with E-state index in [0.29, 0.717) is 18.8 Å². The molecule has 1 nitrogen and oxygen atoms in total. The third-order valence-electron chi connectivity index (χ3n) is 4.72. The fraction of sp³-hybridized carbons (Fsp3) is 0.625. The number of hydrogen-bond donors (Lipinski definition) is 1. The van der Waals surface area contributed by atoms with Crippen molar-refractivity contribution >= 4 is 0 Å². The SMILES string of the molecule is NC1CCCC(F)(c2ccccc2C2CCC2)C1. The van der Waals surface area contributed by atoms with Crippen LogP contribution in [0, 0.1) is 0 Å². The van der Waals surface area contributed by atoms with Crippen LogP contribution in [0.25, 0.3) is 0 Å². The van der Waals surface area contributed by atoms with Gasteiger partial charge in [-0.2, -0.15) is 0 Å². The third-order valence-corrected chi connectivity index (χ3v) is 4.72. The molecular weight excluding hydrogens is 225 g/mol. The molecule has 2 fully saturated rings. The number of halogens is 1. The van der Waals surface area contributed by atoms with Crippen LogP contribution in [-0.4, -0.2) is 6.04 Å². The van der Waals surface area contributed by atoms with Crippen LogP contribution in [-0.2, 0) is 5.67 Å². The molecule has 0 spiro atoms. The van der Waals surface area contributed by atoms with E-state index >= 15 is 4.39 Å². The van der Waals surface area contributed by atoms with Gasteiger partial charge in [0, 0.05) is 12.5 Å². The standard InChI is InChI=1S/C16H22FN/c17-16(10-4-7-13(18)11-16)15-9-2-1-8-14(15)12-5-3-6-12/h1-2,8-9,12-13H,3-7,10-11,18H2. The van der Waals surface area contributed by atoms with Crippen molar-refractivity contribution in [2.75, 3.05) is 0 Å². The van der Waals surface area contributed by atoms with Gasteiger partial charge >= 0.3 is 0 Å². The van der Waals surface area contributed by atoms with Crippen LogP contribution in [0.2, 0.25) is 0 Å². The molecule has 98 valence electrons. The van der Waals surface area contributed by atoms with E-state index in [0.717, 1.165) is 18.4 Å². The molecule has 2 aliphatic carbocycles. The normalized spacial score (nSPS) is 33.1. The van der Waals surface area contributed by atoms with Crippen LogP contribution < -0.4 is 5.73 Å². The van der Waals surface area contributed by atoms with Gasteiger partial charge in [-0.25, -0.2) is 4.39 Å². The molecule has 2 unspecified atom stereocenters. The average Bonchev–Trinajstić information content (AvgIpc) is 2.27. The van der Waals surface area contributed by atoms with Crippen molar-refractivity contribution in [3.63, 3.8) is 0 Å². The zero-order valence-electron chi connectivity index (χ0n) is 10.9. The fourth-order valence-electron chi connectivity index (χ4n) is 3.49. The third kappa shape index (κ3) is 2.07. The molecule has 0 bridgehead atoms. The lowest BCUT2D eigenvalue weighted by atomic mass is 9.71. The molecule has 1 aromatic rings. The lowest BCUT2D eigenvalue weighted by Crippen LogP contribution is -2.37. The molecule has 2 N–H and O–H groups in total. The van der Waals surface area contributed by atoms with E-state index in [1.165, 1.54) is 24.8 Å². The number of hydrogen-bond acceptors (Lipinski definition) is 1. The van der Waals surface area contributed by atoms with Crippen LogP contribution in [0.5, 0.6) is 0 Å². The van der Waals surface area contributed by atoms with Crippen LogP contribution >= 0.6 is 0 Å². The Morgan fingerprint density at radius 1 is 1.11 bits per heavy atom. The molecule has 0 heterocycles. The molecule has 3 rings (SSSR count). The van der Waals surface area contributed by atoms with Gasteiger partial charge in [-0.15, -0.1) is 0 Å². The Balaban J connectivity index is 1.94. The second kappa shape index (κ2) is 4.65. The second-order valence-corrected chi connectivity index (χ2v) is 6.04. The lowest BCUT2D eigenvalue weighted by Gasteiger charge is -2.37. The van der Waals surface area contributed by atoms with Crippen LogP contribution in [0.1, 0.15) is 62.0 Å². The molecule has 0 amide bonds. The van der Waals surface area contributed by atoms with E-state index < -0.39 is 5.67 Å². The summed E-state index contributed by atoms with van der Waals surface area (Å²) in [5.74, 6) is 0.590. The predicted molar refractivity (Wildman–Crippen MR) is 72.3 cm³/mol. The molecule has 0 saturated heterocycles. The summed E-state index contributed by atoms with van der Waals surface area (Å²) in [4.78, 5) is 0. The lowest BCUT2D eigenvalue weighted by molar-refractivity contribution is 0.0926. The minimum Gasteiger partial charge on any atom is -0.328 e. The smallest absolute Gasteiger partial charge is 0.137 e. The highest BCUT2D eigenvalue weighted by molar-refractivity contribution is 5.36. The van der Waals surface area contributed by atoms with Crippen molar-refractivity contribution < 1.29 is 4.39 Å². The Morgan fingerprint density at radius 3 is 2.56 bits per heavy atom. The summed E-state index contributed by atoms with van der Waals surface area (Å²) in [7, 11) is 0. The van der Waals surface area contributed by atoms with Crippen molar-refractivity contribution in [3.8, 4) is 0 Å². The van der Waals surface area contributed by atoms with E-state index in [4.69, 9.17) is 5.73 Å². The molecule has 2 heteroatoms. The zero-order chi connectivity index (χ0) is 12.6. The minimum atomic E-state index is -1.18. The van der Waals surface area contributed by atoms with Crippen molar-refractivity contribution in [2.45, 2.75) is 62.6 Å². The molecule has 0 radical (unpaired) electrons. The molecule has 0 aliphatic heterocycles. The maximum atomic E-state index is 15.3. The topological polar surface area (TPSA) is 26.0 Å². The maximum absolute atomic E-state index is 15.3. The minimum absolute atomic E-state index is 0.0261. The van der Waals surface area contributed by atoms with Crippen LogP contribution in [0.3, 0.4) is 0 Å². The van der Waals surface area contributed by atoms with Gasteiger partial charge in [0.05, 0.1) is 0 Å². The Bertz CT molecular complexity index is 427. The van der Waals surface area contributed by atoms with Gasteiger partial charge in [-0.1, -0.05) is 30.7 Å². The zero-order valence-corrected chi connectivity index (χ0v) is 10.9. The van der Waals surface area contributed by atoms with Gasteiger partial charge in [-0.05, 0) is 49.1 Å². The summed E-state index contributed by atoms with van der Waals surface area (Å²) in [6, 6.07) is 8.16. The van der Waals surface area contributed by atoms with Gasteiger partial charge in [0.1, 0.15) is 5.67 Å². The first-order valence-electron chi connectivity index (χ1n) is 7.23. The van der Waals surface area contributed by atoms with E-state index in [1.54, 1.807) is 0 Å². The number of alkyl halides is 1. The Kier molecular flexibility index (Phi) is 3.14. The summed E-state index contributed by atoms with van der Waals surface area (Å²) in [6.07, 6.45) is 6.76. The molecule has 2 saturated carbocycles. The number of benzene rings is 1. The van der Waals surface area contributed by atoms with E-state index in [-0.39, 0.29) is 6.04 Å². The summed E-state index contributed by atoms with van der Waals surface area (Å²) in [6.45, 7) is 0. The second-order valence-electron chi connectivity index (χ2n) is 6.04. The van der Waals surface area contributed by atoms with Gasteiger partial charge in [-0.3, -0.25) is 0 Å². The van der Waals surface area contributed by atoms with E-state index in [9.17, 15) is 0 Å². The Morgan fingerprint density at radius 2 is 1.89 bits per heavy atom. The summed E-state index contributed by atoms with van der Waals surface area (Å²) in [5.41, 5.74) is 6.99. The maximum Gasteiger partial charge on any atom is 0.137 e. The molecular formula is C16H22FN. The number of rotatable bonds is 2. The average molecular weight is 247 g/mol. The molecule has 1 aromatic carbocycles. The van der Waals surface area contributed by atoms with Crippen LogP contribution in [0.15, 0.2) is 24.3 Å². The van der Waals surface area contributed by atoms with Gasteiger partial charge < -0.3 is 5.73 Å². The summed E-state index contributed by atoms with van der Waals surface area (Å²) in [5, 5.41) is 0. The number of nitrogens with two attached hydrogens (primary N) is 1. The summed E-state index contributed by atoms with van der Waals surface area (Å²) >= 11 is 0. The van der Waals surface area contributed by atoms with E-state index in [2.05, 4.69) is 6.07 Å². The van der Waals surface area contributed by atoms with Crippen molar-refractivity contribution in [1.29, 1.82) is 0 Å². The molecule has 2 aliphatic rings. The highest BCUT2D eigenvalue weighted by atomic mass is 19.1. The first-order valence-corrected chi connectivity index (χ1v) is 7.23. The highest BCUT2D eigenvalue weighted by Crippen LogP contribution is 2.46.